The molecule has 0 spiro atoms. The molecule has 2 heterocycles. The lowest BCUT2D eigenvalue weighted by molar-refractivity contribution is -0.141. The maximum absolute atomic E-state index is 14.2. The van der Waals surface area contributed by atoms with Crippen LogP contribution < -0.4 is 16.0 Å². The monoisotopic (exact) mass is 406 g/mol. The number of aromatic nitrogens is 6. The van der Waals surface area contributed by atoms with Gasteiger partial charge in [-0.05, 0) is 6.07 Å². The first-order chi connectivity index (χ1) is 12.7. The number of aromatic amines is 2. The predicted octanol–water partition coefficient (Wildman–Crippen LogP) is 1.43. The Morgan fingerprint density at radius 3 is 2.56 bits per heavy atom. The third-order valence-corrected chi connectivity index (χ3v) is 3.52. The highest BCUT2D eigenvalue weighted by atomic mass is 35.5. The second-order valence-corrected chi connectivity index (χ2v) is 5.42. The maximum Gasteiger partial charge on any atom is 0.431 e. The number of tetrazole rings is 1. The Labute approximate surface area is 150 Å². The largest absolute Gasteiger partial charge is 0.484 e. The SMILES string of the molecule is O=c1cc(C(F)(F)F)[nH]c(=O)n1-c1cc(OCc2nn[nH]n2)c(Cl)cc1F. The van der Waals surface area contributed by atoms with Crippen LogP contribution in [-0.4, -0.2) is 30.2 Å². The van der Waals surface area contributed by atoms with E-state index in [-0.39, 0.29) is 33.8 Å². The molecule has 2 aromatic heterocycles. The quantitative estimate of drug-likeness (QED) is 0.633. The summed E-state index contributed by atoms with van der Waals surface area (Å²) in [5, 5.41) is 12.5. The fraction of sp³-hybridized carbons (Fsp3) is 0.154. The Morgan fingerprint density at radius 1 is 1.22 bits per heavy atom. The first kappa shape index (κ1) is 18.6. The molecule has 0 aliphatic rings. The second kappa shape index (κ2) is 6.83. The van der Waals surface area contributed by atoms with Gasteiger partial charge < -0.3 is 9.72 Å². The minimum absolute atomic E-state index is 0.126. The van der Waals surface area contributed by atoms with Crippen molar-refractivity contribution in [3.05, 3.63) is 61.4 Å². The summed E-state index contributed by atoms with van der Waals surface area (Å²) >= 11 is 5.84. The van der Waals surface area contributed by atoms with E-state index in [0.29, 0.717) is 0 Å². The van der Waals surface area contributed by atoms with Gasteiger partial charge in [-0.1, -0.05) is 16.8 Å². The summed E-state index contributed by atoms with van der Waals surface area (Å²) in [6, 6.07) is 1.77. The van der Waals surface area contributed by atoms with E-state index in [2.05, 4.69) is 20.6 Å². The summed E-state index contributed by atoms with van der Waals surface area (Å²) in [6.07, 6.45) is -4.95. The molecule has 3 rings (SSSR count). The van der Waals surface area contributed by atoms with Crippen molar-refractivity contribution >= 4 is 11.6 Å². The lowest BCUT2D eigenvalue weighted by Crippen LogP contribution is -2.36. The van der Waals surface area contributed by atoms with Gasteiger partial charge in [0.15, 0.2) is 6.61 Å². The first-order valence-corrected chi connectivity index (χ1v) is 7.32. The van der Waals surface area contributed by atoms with E-state index >= 15 is 0 Å². The van der Waals surface area contributed by atoms with Gasteiger partial charge in [0, 0.05) is 12.1 Å². The summed E-state index contributed by atoms with van der Waals surface area (Å²) in [5.41, 5.74) is -5.09. The summed E-state index contributed by atoms with van der Waals surface area (Å²) in [6.45, 7) is -0.237. The van der Waals surface area contributed by atoms with Gasteiger partial charge in [-0.3, -0.25) is 4.79 Å². The van der Waals surface area contributed by atoms with Gasteiger partial charge in [-0.25, -0.2) is 13.8 Å². The van der Waals surface area contributed by atoms with Crippen LogP contribution in [0.25, 0.3) is 5.69 Å². The van der Waals surface area contributed by atoms with Crippen molar-refractivity contribution in [3.63, 3.8) is 0 Å². The molecule has 14 heteroatoms. The van der Waals surface area contributed by atoms with Crippen LogP contribution in [-0.2, 0) is 12.8 Å². The molecule has 142 valence electrons. The van der Waals surface area contributed by atoms with Crippen molar-refractivity contribution in [1.82, 2.24) is 30.2 Å². The Bertz CT molecular complexity index is 1060. The number of benzene rings is 1. The highest BCUT2D eigenvalue weighted by Crippen LogP contribution is 2.30. The number of hydrogen-bond donors (Lipinski definition) is 2. The number of alkyl halides is 3. The smallest absolute Gasteiger partial charge is 0.431 e. The number of H-pyrrole nitrogens is 2. The Morgan fingerprint density at radius 2 is 1.96 bits per heavy atom. The topological polar surface area (TPSA) is 119 Å². The number of halogens is 5. The number of nitrogens with one attached hydrogen (secondary N) is 2. The summed E-state index contributed by atoms with van der Waals surface area (Å²) in [4.78, 5) is 25.4. The third kappa shape index (κ3) is 3.81. The number of rotatable bonds is 4. The van der Waals surface area contributed by atoms with Crippen LogP contribution in [0.3, 0.4) is 0 Å². The van der Waals surface area contributed by atoms with Crippen LogP contribution in [0.2, 0.25) is 5.02 Å². The number of nitrogens with zero attached hydrogens (tertiary/aromatic N) is 4. The molecule has 27 heavy (non-hydrogen) atoms. The summed E-state index contributed by atoms with van der Waals surface area (Å²) < 4.78 is 57.6. The average Bonchev–Trinajstić information content (AvgIpc) is 3.07. The first-order valence-electron chi connectivity index (χ1n) is 6.95. The lowest BCUT2D eigenvalue weighted by Gasteiger charge is -2.12. The van der Waals surface area contributed by atoms with E-state index in [1.165, 1.54) is 4.98 Å². The Kier molecular flexibility index (Phi) is 4.70. The van der Waals surface area contributed by atoms with E-state index in [0.717, 1.165) is 12.1 Å². The molecule has 0 amide bonds. The molecule has 9 nitrogen and oxygen atoms in total. The molecule has 0 saturated heterocycles. The van der Waals surface area contributed by atoms with Gasteiger partial charge in [0.2, 0.25) is 5.82 Å². The molecule has 2 N–H and O–H groups in total. The molecule has 0 atom stereocenters. The van der Waals surface area contributed by atoms with Crippen LogP contribution in [0.1, 0.15) is 11.5 Å². The molecule has 0 aliphatic carbocycles. The molecule has 0 bridgehead atoms. The van der Waals surface area contributed by atoms with Crippen molar-refractivity contribution in [3.8, 4) is 11.4 Å². The maximum atomic E-state index is 14.2. The number of hydrogen-bond acceptors (Lipinski definition) is 6. The van der Waals surface area contributed by atoms with Crippen LogP contribution in [0.4, 0.5) is 17.6 Å². The molecule has 0 saturated carbocycles. The fourth-order valence-corrected chi connectivity index (χ4v) is 2.27. The minimum Gasteiger partial charge on any atom is -0.484 e. The normalized spacial score (nSPS) is 11.6. The van der Waals surface area contributed by atoms with E-state index < -0.39 is 34.6 Å². The molecule has 0 radical (unpaired) electrons. The van der Waals surface area contributed by atoms with E-state index in [9.17, 15) is 27.2 Å². The van der Waals surface area contributed by atoms with Gasteiger partial charge in [0.05, 0.1) is 10.7 Å². The molecule has 0 fully saturated rings. The summed E-state index contributed by atoms with van der Waals surface area (Å²) in [5.74, 6) is -1.16. The van der Waals surface area contributed by atoms with Gasteiger partial charge in [-0.2, -0.15) is 18.4 Å². The molecular formula is C13H7ClF4N6O3. The Balaban J connectivity index is 2.05. The lowest BCUT2D eigenvalue weighted by atomic mass is 10.2. The molecular weight excluding hydrogens is 400 g/mol. The zero-order chi connectivity index (χ0) is 19.8. The van der Waals surface area contributed by atoms with Crippen molar-refractivity contribution in [2.75, 3.05) is 0 Å². The molecule has 0 unspecified atom stereocenters. The van der Waals surface area contributed by atoms with E-state index in [1.807, 2.05) is 0 Å². The number of ether oxygens (including phenoxy) is 1. The van der Waals surface area contributed by atoms with Crippen LogP contribution >= 0.6 is 11.6 Å². The molecule has 0 aliphatic heterocycles. The van der Waals surface area contributed by atoms with Gasteiger partial charge >= 0.3 is 11.9 Å². The highest BCUT2D eigenvalue weighted by molar-refractivity contribution is 6.32. The van der Waals surface area contributed by atoms with E-state index in [4.69, 9.17) is 16.3 Å². The zero-order valence-electron chi connectivity index (χ0n) is 12.8. The van der Waals surface area contributed by atoms with Crippen molar-refractivity contribution < 1.29 is 22.3 Å². The minimum atomic E-state index is -4.95. The second-order valence-electron chi connectivity index (χ2n) is 5.01. The van der Waals surface area contributed by atoms with E-state index in [1.54, 1.807) is 0 Å². The van der Waals surface area contributed by atoms with Crippen LogP contribution in [0.15, 0.2) is 27.8 Å². The highest BCUT2D eigenvalue weighted by Gasteiger charge is 2.33. The average molecular weight is 407 g/mol. The van der Waals surface area contributed by atoms with Crippen molar-refractivity contribution in [2.45, 2.75) is 12.8 Å². The van der Waals surface area contributed by atoms with Crippen LogP contribution in [0.5, 0.6) is 5.75 Å². The van der Waals surface area contributed by atoms with Gasteiger partial charge in [0.25, 0.3) is 5.56 Å². The molecule has 1 aromatic carbocycles. The zero-order valence-corrected chi connectivity index (χ0v) is 13.6. The van der Waals surface area contributed by atoms with Gasteiger partial charge in [-0.15, -0.1) is 10.2 Å². The fourth-order valence-electron chi connectivity index (χ4n) is 2.06. The van der Waals surface area contributed by atoms with Crippen LogP contribution in [0, 0.1) is 5.82 Å². The van der Waals surface area contributed by atoms with Gasteiger partial charge in [0.1, 0.15) is 17.3 Å². The van der Waals surface area contributed by atoms with Crippen molar-refractivity contribution in [2.24, 2.45) is 0 Å². The Hall–Kier alpha value is -3.22. The third-order valence-electron chi connectivity index (χ3n) is 3.23. The molecule has 3 aromatic rings. The summed E-state index contributed by atoms with van der Waals surface area (Å²) in [7, 11) is 0. The predicted molar refractivity (Wildman–Crippen MR) is 81.1 cm³/mol. The standard InChI is InChI=1S/C13H7ClF4N6O3/c14-5-1-6(15)7(2-8(5)27-4-10-20-22-23-21-10)24-11(25)3-9(13(16,17)18)19-12(24)26/h1-3H,4H2,(H,19,26)(H,20,21,22,23). The van der Waals surface area contributed by atoms with Crippen molar-refractivity contribution in [1.29, 1.82) is 0 Å².